The van der Waals surface area contributed by atoms with Crippen LogP contribution in [0.5, 0.6) is 0 Å². The van der Waals surface area contributed by atoms with Gasteiger partial charge >= 0.3 is 5.97 Å². The number of allylic oxidation sites excluding steroid dienone is 4. The number of ether oxygens (including phenoxy) is 1. The zero-order valence-corrected chi connectivity index (χ0v) is 21.4. The third-order valence-corrected chi connectivity index (χ3v) is 9.75. The summed E-state index contributed by atoms with van der Waals surface area (Å²) in [5.74, 6) is 1.53. The first kappa shape index (κ1) is 24.7. The van der Waals surface area contributed by atoms with Gasteiger partial charge in [0.2, 0.25) is 0 Å². The van der Waals surface area contributed by atoms with Crippen molar-refractivity contribution in [3.63, 3.8) is 0 Å². The van der Waals surface area contributed by atoms with Crippen molar-refractivity contribution in [1.29, 1.82) is 0 Å². The third-order valence-electron chi connectivity index (χ3n) is 9.75. The second-order valence-electron chi connectivity index (χ2n) is 11.9. The maximum absolute atomic E-state index is 12.7. The number of carbonyl (C=O) groups excluding carboxylic acids is 2. The lowest BCUT2D eigenvalue weighted by atomic mass is 9.52. The summed E-state index contributed by atoms with van der Waals surface area (Å²) in [5.41, 5.74) is 3.13. The van der Waals surface area contributed by atoms with E-state index in [-0.39, 0.29) is 22.9 Å². The van der Waals surface area contributed by atoms with Crippen molar-refractivity contribution in [1.82, 2.24) is 0 Å². The molecule has 0 unspecified atom stereocenters. The molecule has 4 aliphatic rings. The fourth-order valence-corrected chi connectivity index (χ4v) is 7.62. The van der Waals surface area contributed by atoms with Crippen LogP contribution in [0.2, 0.25) is 0 Å². The summed E-state index contributed by atoms with van der Waals surface area (Å²) in [6.45, 7) is 7.01. The van der Waals surface area contributed by atoms with Crippen LogP contribution < -0.4 is 0 Å². The minimum atomic E-state index is 0.0225. The number of ketones is 1. The van der Waals surface area contributed by atoms with Gasteiger partial charge in [0.05, 0.1) is 0 Å². The SMILES string of the molecule is CCCCCCCCCCC(=O)O[C@H]1CC[C@H]2[C@@H]3CCC4=CC(=O)CC[C@]4(C)C3=CC[C@]12C. The Morgan fingerprint density at radius 1 is 1.00 bits per heavy atom. The number of hydrogen-bond donors (Lipinski definition) is 0. The van der Waals surface area contributed by atoms with E-state index in [1.54, 1.807) is 5.57 Å². The molecule has 33 heavy (non-hydrogen) atoms. The van der Waals surface area contributed by atoms with Gasteiger partial charge in [-0.3, -0.25) is 9.59 Å². The van der Waals surface area contributed by atoms with Crippen LogP contribution in [0.4, 0.5) is 0 Å². The number of fused-ring (bicyclic) bond motifs is 5. The molecule has 0 bridgehead atoms. The zero-order chi connectivity index (χ0) is 23.5. The first-order valence-corrected chi connectivity index (χ1v) is 14.0. The van der Waals surface area contributed by atoms with Crippen LogP contribution in [-0.2, 0) is 14.3 Å². The lowest BCUT2D eigenvalue weighted by Crippen LogP contribution is -2.46. The van der Waals surface area contributed by atoms with Crippen LogP contribution in [-0.4, -0.2) is 17.9 Å². The van der Waals surface area contributed by atoms with Crippen molar-refractivity contribution in [2.45, 2.75) is 130 Å². The third kappa shape index (κ3) is 5.03. The highest BCUT2D eigenvalue weighted by molar-refractivity contribution is 5.92. The normalized spacial score (nSPS) is 35.2. The van der Waals surface area contributed by atoms with Gasteiger partial charge in [0, 0.05) is 23.7 Å². The van der Waals surface area contributed by atoms with E-state index >= 15 is 0 Å². The Kier molecular flexibility index (Phi) is 7.86. The number of carbonyl (C=O) groups is 2. The lowest BCUT2D eigenvalue weighted by molar-refractivity contribution is -0.156. The molecule has 0 radical (unpaired) electrons. The highest BCUT2D eigenvalue weighted by Crippen LogP contribution is 2.63. The molecule has 184 valence electrons. The van der Waals surface area contributed by atoms with Crippen molar-refractivity contribution >= 4 is 11.8 Å². The van der Waals surface area contributed by atoms with E-state index in [0.717, 1.165) is 44.9 Å². The molecule has 5 atom stereocenters. The largest absolute Gasteiger partial charge is 0.462 e. The monoisotopic (exact) mass is 454 g/mol. The Morgan fingerprint density at radius 2 is 1.73 bits per heavy atom. The standard InChI is InChI=1S/C30H46O3/c1-4-5-6-7-8-9-10-11-12-28(32)33-27-16-15-25-24-14-13-22-21-23(31)17-19-29(22,2)26(24)18-20-30(25,27)3/h18,21,24-25,27H,4-17,19-20H2,1-3H3/t24-,25-,27-,29-,30-/m0/s1. The van der Waals surface area contributed by atoms with E-state index in [0.29, 0.717) is 30.5 Å². The Bertz CT molecular complexity index is 792. The van der Waals surface area contributed by atoms with Crippen molar-refractivity contribution in [3.8, 4) is 0 Å². The molecule has 0 saturated heterocycles. The van der Waals surface area contributed by atoms with E-state index in [1.807, 2.05) is 6.08 Å². The number of unbranched alkanes of at least 4 members (excludes halogenated alkanes) is 7. The molecular formula is C30H46O3. The van der Waals surface area contributed by atoms with Crippen LogP contribution in [0, 0.1) is 22.7 Å². The lowest BCUT2D eigenvalue weighted by Gasteiger charge is -2.53. The van der Waals surface area contributed by atoms with Crippen LogP contribution in [0.3, 0.4) is 0 Å². The van der Waals surface area contributed by atoms with Crippen molar-refractivity contribution in [2.24, 2.45) is 22.7 Å². The van der Waals surface area contributed by atoms with Crippen LogP contribution in [0.25, 0.3) is 0 Å². The Balaban J connectivity index is 1.30. The molecule has 3 nitrogen and oxygen atoms in total. The van der Waals surface area contributed by atoms with Gasteiger partial charge in [0.1, 0.15) is 6.10 Å². The smallest absolute Gasteiger partial charge is 0.306 e. The molecule has 0 amide bonds. The van der Waals surface area contributed by atoms with Crippen LogP contribution in [0.15, 0.2) is 23.3 Å². The molecule has 2 fully saturated rings. The maximum Gasteiger partial charge on any atom is 0.306 e. The Morgan fingerprint density at radius 3 is 2.48 bits per heavy atom. The summed E-state index contributed by atoms with van der Waals surface area (Å²) in [6.07, 6.45) is 22.2. The maximum atomic E-state index is 12.7. The van der Waals surface area contributed by atoms with Gasteiger partial charge in [-0.15, -0.1) is 0 Å². The quantitative estimate of drug-likeness (QED) is 0.191. The molecular weight excluding hydrogens is 408 g/mol. The van der Waals surface area contributed by atoms with Gasteiger partial charge in [-0.1, -0.05) is 82.9 Å². The molecule has 0 N–H and O–H groups in total. The zero-order valence-electron chi connectivity index (χ0n) is 21.4. The summed E-state index contributed by atoms with van der Waals surface area (Å²) in [6, 6.07) is 0. The number of esters is 1. The molecule has 0 aromatic rings. The number of rotatable bonds is 10. The van der Waals surface area contributed by atoms with Crippen molar-refractivity contribution < 1.29 is 14.3 Å². The van der Waals surface area contributed by atoms with Crippen LogP contribution >= 0.6 is 0 Å². The van der Waals surface area contributed by atoms with Gasteiger partial charge in [-0.2, -0.15) is 0 Å². The summed E-state index contributed by atoms with van der Waals surface area (Å²) in [7, 11) is 0. The first-order chi connectivity index (χ1) is 15.9. The Labute approximate surface area is 201 Å². The van der Waals surface area contributed by atoms with Gasteiger partial charge in [0.15, 0.2) is 5.78 Å². The molecule has 0 spiro atoms. The topological polar surface area (TPSA) is 43.4 Å². The van der Waals surface area contributed by atoms with Gasteiger partial charge < -0.3 is 4.74 Å². The second kappa shape index (κ2) is 10.5. The Hall–Kier alpha value is -1.38. The van der Waals surface area contributed by atoms with E-state index in [4.69, 9.17) is 4.74 Å². The van der Waals surface area contributed by atoms with Crippen molar-refractivity contribution in [2.75, 3.05) is 0 Å². The fourth-order valence-electron chi connectivity index (χ4n) is 7.62. The predicted octanol–water partition coefficient (Wildman–Crippen LogP) is 7.88. The van der Waals surface area contributed by atoms with Gasteiger partial charge in [0.25, 0.3) is 0 Å². The van der Waals surface area contributed by atoms with E-state index < -0.39 is 0 Å². The van der Waals surface area contributed by atoms with E-state index in [2.05, 4.69) is 26.8 Å². The number of hydrogen-bond acceptors (Lipinski definition) is 3. The molecule has 2 saturated carbocycles. The molecule has 4 rings (SSSR count). The van der Waals surface area contributed by atoms with Crippen molar-refractivity contribution in [3.05, 3.63) is 23.3 Å². The second-order valence-corrected chi connectivity index (χ2v) is 11.9. The highest BCUT2D eigenvalue weighted by atomic mass is 16.5. The molecule has 3 heteroatoms. The first-order valence-electron chi connectivity index (χ1n) is 14.0. The highest BCUT2D eigenvalue weighted by Gasteiger charge is 2.57. The van der Waals surface area contributed by atoms with Gasteiger partial charge in [-0.05, 0) is 62.9 Å². The average Bonchev–Trinajstić information content (AvgIpc) is 3.12. The van der Waals surface area contributed by atoms with Gasteiger partial charge in [-0.25, -0.2) is 0 Å². The molecule has 0 aromatic carbocycles. The summed E-state index contributed by atoms with van der Waals surface area (Å²) in [4.78, 5) is 24.7. The van der Waals surface area contributed by atoms with E-state index in [1.165, 1.54) is 50.5 Å². The molecule has 0 aromatic heterocycles. The molecule has 0 aliphatic heterocycles. The van der Waals surface area contributed by atoms with Crippen LogP contribution in [0.1, 0.15) is 124 Å². The minimum Gasteiger partial charge on any atom is -0.462 e. The minimum absolute atomic E-state index is 0.0225. The predicted molar refractivity (Wildman–Crippen MR) is 134 cm³/mol. The summed E-state index contributed by atoms with van der Waals surface area (Å²) < 4.78 is 6.14. The summed E-state index contributed by atoms with van der Waals surface area (Å²) >= 11 is 0. The fraction of sp³-hybridized carbons (Fsp3) is 0.800. The average molecular weight is 455 g/mol. The summed E-state index contributed by atoms with van der Waals surface area (Å²) in [5, 5.41) is 0. The van der Waals surface area contributed by atoms with E-state index in [9.17, 15) is 9.59 Å². The molecule has 0 heterocycles. The molecule has 4 aliphatic carbocycles.